The Hall–Kier alpha value is -3.04. The van der Waals surface area contributed by atoms with E-state index in [0.717, 1.165) is 22.2 Å². The van der Waals surface area contributed by atoms with Crippen LogP contribution in [0, 0.1) is 18.3 Å². The Morgan fingerprint density at radius 3 is 2.69 bits per heavy atom. The zero-order valence-corrected chi connectivity index (χ0v) is 15.3. The van der Waals surface area contributed by atoms with Crippen molar-refractivity contribution in [1.82, 2.24) is 4.98 Å². The predicted molar refractivity (Wildman–Crippen MR) is 104 cm³/mol. The van der Waals surface area contributed by atoms with E-state index in [1.165, 1.54) is 11.8 Å². The van der Waals surface area contributed by atoms with E-state index in [0.29, 0.717) is 16.3 Å². The van der Waals surface area contributed by atoms with E-state index in [1.54, 1.807) is 13.2 Å². The van der Waals surface area contributed by atoms with Crippen LogP contribution in [0.5, 0.6) is 5.75 Å². The molecule has 1 heterocycles. The number of thioether (sulfide) groups is 1. The maximum absolute atomic E-state index is 12.2. The third-order valence-corrected chi connectivity index (χ3v) is 4.78. The number of methoxy groups -OCH3 is 1. The topological polar surface area (TPSA) is 75.0 Å². The number of nitriles is 1. The lowest BCUT2D eigenvalue weighted by molar-refractivity contribution is -0.113. The summed E-state index contributed by atoms with van der Waals surface area (Å²) >= 11 is 1.24. The van der Waals surface area contributed by atoms with Gasteiger partial charge in [0.2, 0.25) is 5.91 Å². The second-order valence-corrected chi connectivity index (χ2v) is 6.68. The summed E-state index contributed by atoms with van der Waals surface area (Å²) in [6.45, 7) is 1.99. The fraction of sp³-hybridized carbons (Fsp3) is 0.150. The Balaban J connectivity index is 1.75. The van der Waals surface area contributed by atoms with Crippen molar-refractivity contribution in [3.8, 4) is 11.8 Å². The van der Waals surface area contributed by atoms with Crippen LogP contribution in [0.3, 0.4) is 0 Å². The quantitative estimate of drug-likeness (QED) is 0.689. The van der Waals surface area contributed by atoms with Crippen LogP contribution in [-0.2, 0) is 4.79 Å². The lowest BCUT2D eigenvalue weighted by Gasteiger charge is -2.08. The van der Waals surface area contributed by atoms with Crippen molar-refractivity contribution >= 4 is 34.3 Å². The molecule has 0 spiro atoms. The summed E-state index contributed by atoms with van der Waals surface area (Å²) in [6.07, 6.45) is 0. The van der Waals surface area contributed by atoms with E-state index in [2.05, 4.69) is 16.4 Å². The lowest BCUT2D eigenvalue weighted by Crippen LogP contribution is -2.14. The summed E-state index contributed by atoms with van der Waals surface area (Å²) in [5, 5.41) is 13.6. The van der Waals surface area contributed by atoms with Crippen LogP contribution in [0.25, 0.3) is 10.9 Å². The second-order valence-electron chi connectivity index (χ2n) is 5.71. The zero-order chi connectivity index (χ0) is 18.5. The third kappa shape index (κ3) is 4.13. The summed E-state index contributed by atoms with van der Waals surface area (Å²) in [7, 11) is 1.59. The molecule has 0 aliphatic carbocycles. The molecule has 26 heavy (non-hydrogen) atoms. The molecule has 0 unspecified atom stereocenters. The molecule has 1 N–H and O–H groups in total. The third-order valence-electron chi connectivity index (χ3n) is 3.79. The second kappa shape index (κ2) is 7.89. The molecule has 0 aliphatic rings. The number of hydrogen-bond acceptors (Lipinski definition) is 5. The number of aromatic nitrogens is 1. The van der Waals surface area contributed by atoms with E-state index in [9.17, 15) is 10.1 Å². The standard InChI is InChI=1S/C20H17N3O2S/c1-13-3-6-16(7-4-13)22-19(24)12-26-20-15(11-21)9-14-5-8-17(25-2)10-18(14)23-20/h3-10H,12H2,1-2H3,(H,22,24). The van der Waals surface area contributed by atoms with Gasteiger partial charge >= 0.3 is 0 Å². The molecular weight excluding hydrogens is 346 g/mol. The number of nitrogens with one attached hydrogen (secondary N) is 1. The molecule has 6 heteroatoms. The number of anilines is 1. The Kier molecular flexibility index (Phi) is 5.40. The molecule has 0 radical (unpaired) electrons. The first kappa shape index (κ1) is 17.8. The SMILES string of the molecule is COc1ccc2cc(C#N)c(SCC(=O)Nc3ccc(C)cc3)nc2c1. The average Bonchev–Trinajstić information content (AvgIpc) is 2.66. The van der Waals surface area contributed by atoms with E-state index in [4.69, 9.17) is 4.74 Å². The molecule has 0 saturated carbocycles. The minimum Gasteiger partial charge on any atom is -0.497 e. The van der Waals surface area contributed by atoms with Crippen LogP contribution in [0.15, 0.2) is 53.6 Å². The Morgan fingerprint density at radius 1 is 1.23 bits per heavy atom. The monoisotopic (exact) mass is 363 g/mol. The van der Waals surface area contributed by atoms with Gasteiger partial charge in [-0.05, 0) is 37.3 Å². The largest absolute Gasteiger partial charge is 0.497 e. The van der Waals surface area contributed by atoms with Crippen molar-refractivity contribution in [2.75, 3.05) is 18.2 Å². The van der Waals surface area contributed by atoms with Gasteiger partial charge in [-0.25, -0.2) is 4.98 Å². The summed E-state index contributed by atoms with van der Waals surface area (Å²) in [5.41, 5.74) is 3.06. The summed E-state index contributed by atoms with van der Waals surface area (Å²) in [6, 6.07) is 17.0. The number of aryl methyl sites for hydroxylation is 1. The molecule has 3 rings (SSSR count). The van der Waals surface area contributed by atoms with Gasteiger partial charge in [0.15, 0.2) is 0 Å². The molecule has 2 aromatic carbocycles. The molecule has 0 atom stereocenters. The molecule has 5 nitrogen and oxygen atoms in total. The highest BCUT2D eigenvalue weighted by Gasteiger charge is 2.11. The molecule has 0 bridgehead atoms. The summed E-state index contributed by atoms with van der Waals surface area (Å²) in [5.74, 6) is 0.725. The normalized spacial score (nSPS) is 10.3. The fourth-order valence-corrected chi connectivity index (χ4v) is 3.18. The van der Waals surface area contributed by atoms with Gasteiger partial charge in [-0.3, -0.25) is 4.79 Å². The van der Waals surface area contributed by atoms with Gasteiger partial charge in [0.25, 0.3) is 0 Å². The molecular formula is C20H17N3O2S. The highest BCUT2D eigenvalue weighted by molar-refractivity contribution is 8.00. The van der Waals surface area contributed by atoms with Gasteiger partial charge in [0.1, 0.15) is 16.8 Å². The van der Waals surface area contributed by atoms with Gasteiger partial charge in [-0.2, -0.15) is 5.26 Å². The Morgan fingerprint density at radius 2 is 2.00 bits per heavy atom. The highest BCUT2D eigenvalue weighted by atomic mass is 32.2. The smallest absolute Gasteiger partial charge is 0.234 e. The number of fused-ring (bicyclic) bond motifs is 1. The van der Waals surface area contributed by atoms with Crippen molar-refractivity contribution in [2.45, 2.75) is 11.9 Å². The molecule has 0 fully saturated rings. The number of carbonyl (C=O) groups excluding carboxylic acids is 1. The van der Waals surface area contributed by atoms with E-state index < -0.39 is 0 Å². The molecule has 0 saturated heterocycles. The van der Waals surface area contributed by atoms with Crippen molar-refractivity contribution in [2.24, 2.45) is 0 Å². The summed E-state index contributed by atoms with van der Waals surface area (Å²) in [4.78, 5) is 16.7. The van der Waals surface area contributed by atoms with E-state index in [-0.39, 0.29) is 11.7 Å². The minimum atomic E-state index is -0.143. The van der Waals surface area contributed by atoms with Crippen LogP contribution in [0.4, 0.5) is 5.69 Å². The number of amides is 1. The predicted octanol–water partition coefficient (Wildman–Crippen LogP) is 4.15. The molecule has 1 aromatic heterocycles. The lowest BCUT2D eigenvalue weighted by atomic mass is 10.1. The Labute approximate surface area is 156 Å². The first-order valence-electron chi connectivity index (χ1n) is 7.97. The number of nitrogens with zero attached hydrogens (tertiary/aromatic N) is 2. The number of carbonyl (C=O) groups is 1. The van der Waals surface area contributed by atoms with Crippen molar-refractivity contribution < 1.29 is 9.53 Å². The van der Waals surface area contributed by atoms with Crippen LogP contribution in [0.1, 0.15) is 11.1 Å². The molecule has 1 amide bonds. The van der Waals surface area contributed by atoms with Crippen LogP contribution >= 0.6 is 11.8 Å². The summed E-state index contributed by atoms with van der Waals surface area (Å²) < 4.78 is 5.22. The maximum Gasteiger partial charge on any atom is 0.234 e. The number of benzene rings is 2. The first-order chi connectivity index (χ1) is 12.6. The van der Waals surface area contributed by atoms with Crippen LogP contribution in [0.2, 0.25) is 0 Å². The molecule has 3 aromatic rings. The van der Waals surface area contributed by atoms with Gasteiger partial charge in [-0.15, -0.1) is 0 Å². The van der Waals surface area contributed by atoms with E-state index in [1.807, 2.05) is 49.4 Å². The minimum absolute atomic E-state index is 0.143. The highest BCUT2D eigenvalue weighted by Crippen LogP contribution is 2.27. The van der Waals surface area contributed by atoms with Crippen molar-refractivity contribution in [3.63, 3.8) is 0 Å². The fourth-order valence-electron chi connectivity index (χ4n) is 2.41. The Bertz CT molecular complexity index is 994. The van der Waals surface area contributed by atoms with Gasteiger partial charge < -0.3 is 10.1 Å². The molecule has 130 valence electrons. The average molecular weight is 363 g/mol. The van der Waals surface area contributed by atoms with Crippen molar-refractivity contribution in [3.05, 3.63) is 59.7 Å². The van der Waals surface area contributed by atoms with Gasteiger partial charge in [0.05, 0.1) is 23.9 Å². The number of ether oxygens (including phenoxy) is 1. The number of hydrogen-bond donors (Lipinski definition) is 1. The van der Waals surface area contributed by atoms with Crippen LogP contribution < -0.4 is 10.1 Å². The van der Waals surface area contributed by atoms with E-state index >= 15 is 0 Å². The zero-order valence-electron chi connectivity index (χ0n) is 14.4. The van der Waals surface area contributed by atoms with Gasteiger partial charge in [0, 0.05) is 17.1 Å². The van der Waals surface area contributed by atoms with Crippen LogP contribution in [-0.4, -0.2) is 23.8 Å². The first-order valence-corrected chi connectivity index (χ1v) is 8.96. The molecule has 0 aliphatic heterocycles. The number of pyridine rings is 1. The maximum atomic E-state index is 12.2. The van der Waals surface area contributed by atoms with Gasteiger partial charge in [-0.1, -0.05) is 29.5 Å². The number of rotatable bonds is 5. The van der Waals surface area contributed by atoms with Crippen molar-refractivity contribution in [1.29, 1.82) is 5.26 Å².